The minimum atomic E-state index is -0.432. The lowest BCUT2D eigenvalue weighted by atomic mass is 9.81. The molecule has 0 saturated heterocycles. The molecule has 2 atom stereocenters. The van der Waals surface area contributed by atoms with E-state index in [0.29, 0.717) is 24.5 Å². The predicted octanol–water partition coefficient (Wildman–Crippen LogP) is 2.54. The second-order valence-corrected chi connectivity index (χ2v) is 6.08. The number of aliphatic imine (C=N–C) groups is 1. The van der Waals surface area contributed by atoms with E-state index in [-0.39, 0.29) is 5.91 Å². The normalized spacial score (nSPS) is 16.8. The van der Waals surface area contributed by atoms with E-state index < -0.39 is 17.7 Å². The van der Waals surface area contributed by atoms with Gasteiger partial charge in [-0.2, -0.15) is 0 Å². The number of allylic oxidation sites excluding steroid dienone is 2. The molecule has 2 amide bonds. The Labute approximate surface area is 132 Å². The zero-order valence-electron chi connectivity index (χ0n) is 13.7. The molecule has 122 valence electrons. The van der Waals surface area contributed by atoms with Crippen molar-refractivity contribution in [1.82, 2.24) is 5.32 Å². The first-order valence-electron chi connectivity index (χ1n) is 7.94. The van der Waals surface area contributed by atoms with Gasteiger partial charge in [0.1, 0.15) is 0 Å². The quantitative estimate of drug-likeness (QED) is 0.722. The van der Waals surface area contributed by atoms with Gasteiger partial charge in [0.25, 0.3) is 0 Å². The van der Waals surface area contributed by atoms with Gasteiger partial charge in [0.15, 0.2) is 0 Å². The fraction of sp³-hybridized carbons (Fsp3) is 0.588. The van der Waals surface area contributed by atoms with Crippen LogP contribution in [0.1, 0.15) is 46.5 Å². The molecule has 0 saturated carbocycles. The summed E-state index contributed by atoms with van der Waals surface area (Å²) in [6, 6.07) is 0. The van der Waals surface area contributed by atoms with Crippen molar-refractivity contribution in [3.05, 3.63) is 24.0 Å². The van der Waals surface area contributed by atoms with Crippen LogP contribution in [-0.2, 0) is 9.59 Å². The number of rotatable bonds is 8. The topological polar surface area (TPSA) is 84.6 Å². The van der Waals surface area contributed by atoms with Crippen LogP contribution >= 0.6 is 0 Å². The molecule has 0 spiro atoms. The molecule has 0 bridgehead atoms. The zero-order valence-corrected chi connectivity index (χ0v) is 13.7. The fourth-order valence-electron chi connectivity index (χ4n) is 2.61. The molecule has 1 rings (SSSR count). The van der Waals surface area contributed by atoms with E-state index in [1.807, 2.05) is 32.9 Å². The van der Waals surface area contributed by atoms with Crippen molar-refractivity contribution >= 4 is 18.0 Å². The van der Waals surface area contributed by atoms with Gasteiger partial charge in [-0.25, -0.2) is 0 Å². The van der Waals surface area contributed by atoms with Crippen molar-refractivity contribution in [3.63, 3.8) is 0 Å². The molecule has 5 heteroatoms. The molecule has 1 heterocycles. The number of carbonyl (C=O) groups excluding carboxylic acids is 2. The molecule has 0 aromatic carbocycles. The second-order valence-electron chi connectivity index (χ2n) is 6.08. The molecule has 0 fully saturated rings. The Morgan fingerprint density at radius 2 is 2.09 bits per heavy atom. The van der Waals surface area contributed by atoms with Crippen molar-refractivity contribution in [1.29, 1.82) is 0 Å². The van der Waals surface area contributed by atoms with Crippen molar-refractivity contribution in [3.8, 4) is 0 Å². The minimum Gasteiger partial charge on any atom is -0.369 e. The summed E-state index contributed by atoms with van der Waals surface area (Å²) in [5, 5.41) is 2.87. The summed E-state index contributed by atoms with van der Waals surface area (Å²) in [4.78, 5) is 28.5. The number of hydrogen-bond acceptors (Lipinski definition) is 3. The van der Waals surface area contributed by atoms with E-state index in [2.05, 4.69) is 10.3 Å². The van der Waals surface area contributed by atoms with Gasteiger partial charge in [0.2, 0.25) is 11.8 Å². The highest BCUT2D eigenvalue weighted by Crippen LogP contribution is 2.25. The highest BCUT2D eigenvalue weighted by Gasteiger charge is 2.32. The van der Waals surface area contributed by atoms with Crippen molar-refractivity contribution in [2.45, 2.75) is 46.5 Å². The van der Waals surface area contributed by atoms with E-state index in [0.717, 1.165) is 12.8 Å². The summed E-state index contributed by atoms with van der Waals surface area (Å²) in [5.74, 6) is -1.07. The van der Waals surface area contributed by atoms with Gasteiger partial charge in [-0.1, -0.05) is 33.3 Å². The summed E-state index contributed by atoms with van der Waals surface area (Å²) in [6.45, 7) is 6.06. The molecule has 0 aromatic rings. The lowest BCUT2D eigenvalue weighted by molar-refractivity contribution is -0.133. The molecule has 5 nitrogen and oxygen atoms in total. The smallest absolute Gasteiger partial charge is 0.228 e. The number of nitrogens with zero attached hydrogens (tertiary/aromatic N) is 1. The lowest BCUT2D eigenvalue weighted by Crippen LogP contribution is -2.40. The monoisotopic (exact) mass is 305 g/mol. The molecule has 22 heavy (non-hydrogen) atoms. The average Bonchev–Trinajstić information content (AvgIpc) is 2.70. The Kier molecular flexibility index (Phi) is 7.57. The standard InChI is InChI=1S/C17H27N3O2/c1-4-7-14(15(16(18)21)10-12(2)3)17(22)20-13-8-5-6-9-19-11-13/h5,8-9,11-12,14-15H,4,6-7,10H2,1-3H3,(H2,18,21)(H,20,22). The number of nitrogens with one attached hydrogen (secondary N) is 1. The number of primary amides is 1. The van der Waals surface area contributed by atoms with Gasteiger partial charge >= 0.3 is 0 Å². The Morgan fingerprint density at radius 1 is 1.36 bits per heavy atom. The van der Waals surface area contributed by atoms with Crippen LogP contribution in [0.4, 0.5) is 0 Å². The number of hydrogen-bond donors (Lipinski definition) is 2. The number of amides is 2. The van der Waals surface area contributed by atoms with Crippen LogP contribution in [0.3, 0.4) is 0 Å². The highest BCUT2D eigenvalue weighted by atomic mass is 16.2. The third-order valence-corrected chi connectivity index (χ3v) is 3.64. The van der Waals surface area contributed by atoms with Crippen LogP contribution in [0.5, 0.6) is 0 Å². The van der Waals surface area contributed by atoms with Crippen LogP contribution in [0.2, 0.25) is 0 Å². The first kappa shape index (κ1) is 18.1. The molecule has 0 aromatic heterocycles. The van der Waals surface area contributed by atoms with Crippen LogP contribution in [0.15, 0.2) is 29.0 Å². The number of carbonyl (C=O) groups is 2. The van der Waals surface area contributed by atoms with E-state index in [1.54, 1.807) is 12.4 Å². The molecular weight excluding hydrogens is 278 g/mol. The molecule has 0 aliphatic carbocycles. The van der Waals surface area contributed by atoms with E-state index in [4.69, 9.17) is 5.73 Å². The highest BCUT2D eigenvalue weighted by molar-refractivity contribution is 5.88. The van der Waals surface area contributed by atoms with Crippen LogP contribution in [-0.4, -0.2) is 18.0 Å². The maximum Gasteiger partial charge on any atom is 0.228 e. The Hall–Kier alpha value is -1.91. The van der Waals surface area contributed by atoms with E-state index >= 15 is 0 Å². The summed E-state index contributed by atoms with van der Waals surface area (Å²) in [5.41, 5.74) is 6.19. The minimum absolute atomic E-state index is 0.153. The molecule has 2 unspecified atom stereocenters. The Bertz CT molecular complexity index is 478. The average molecular weight is 305 g/mol. The van der Waals surface area contributed by atoms with E-state index in [1.165, 1.54) is 0 Å². The van der Waals surface area contributed by atoms with Gasteiger partial charge in [-0.3, -0.25) is 14.6 Å². The summed E-state index contributed by atoms with van der Waals surface area (Å²) < 4.78 is 0. The Morgan fingerprint density at radius 3 is 2.68 bits per heavy atom. The second kappa shape index (κ2) is 9.18. The van der Waals surface area contributed by atoms with Gasteiger partial charge in [-0.05, 0) is 24.8 Å². The summed E-state index contributed by atoms with van der Waals surface area (Å²) in [7, 11) is 0. The zero-order chi connectivity index (χ0) is 16.5. The number of nitrogens with two attached hydrogens (primary N) is 1. The first-order chi connectivity index (χ1) is 10.5. The predicted molar refractivity (Wildman–Crippen MR) is 89.0 cm³/mol. The molecule has 1 aliphatic rings. The lowest BCUT2D eigenvalue weighted by Gasteiger charge is -2.25. The summed E-state index contributed by atoms with van der Waals surface area (Å²) >= 11 is 0. The molecular formula is C17H27N3O2. The van der Waals surface area contributed by atoms with Crippen molar-refractivity contribution in [2.75, 3.05) is 0 Å². The SMILES string of the molecule is CCCC(C(=O)NC1=CN=CCC=C1)C(CC(C)C)C(N)=O. The molecule has 0 radical (unpaired) electrons. The van der Waals surface area contributed by atoms with E-state index in [9.17, 15) is 9.59 Å². The maximum absolute atomic E-state index is 12.6. The van der Waals surface area contributed by atoms with Gasteiger partial charge < -0.3 is 11.1 Å². The van der Waals surface area contributed by atoms with Crippen LogP contribution < -0.4 is 11.1 Å². The Balaban J connectivity index is 2.87. The largest absolute Gasteiger partial charge is 0.369 e. The van der Waals surface area contributed by atoms with Crippen LogP contribution in [0.25, 0.3) is 0 Å². The molecule has 1 aliphatic heterocycles. The molecule has 3 N–H and O–H groups in total. The fourth-order valence-corrected chi connectivity index (χ4v) is 2.61. The third kappa shape index (κ3) is 5.84. The van der Waals surface area contributed by atoms with Gasteiger partial charge in [0, 0.05) is 30.7 Å². The van der Waals surface area contributed by atoms with Gasteiger partial charge in [-0.15, -0.1) is 0 Å². The summed E-state index contributed by atoms with van der Waals surface area (Å²) in [6.07, 6.45) is 9.98. The van der Waals surface area contributed by atoms with Crippen LogP contribution in [0, 0.1) is 17.8 Å². The van der Waals surface area contributed by atoms with Gasteiger partial charge in [0.05, 0.1) is 5.70 Å². The maximum atomic E-state index is 12.6. The van der Waals surface area contributed by atoms with Crippen molar-refractivity contribution in [2.24, 2.45) is 28.5 Å². The third-order valence-electron chi connectivity index (χ3n) is 3.64. The van der Waals surface area contributed by atoms with Crippen molar-refractivity contribution < 1.29 is 9.59 Å². The first-order valence-corrected chi connectivity index (χ1v) is 7.94.